The second-order valence-electron chi connectivity index (χ2n) is 4.45. The molecule has 0 radical (unpaired) electrons. The maximum atomic E-state index is 10.7. The summed E-state index contributed by atoms with van der Waals surface area (Å²) in [7, 11) is 0. The Morgan fingerprint density at radius 3 is 2.47 bits per heavy atom. The Morgan fingerprint density at radius 2 is 2.00 bits per heavy atom. The van der Waals surface area contributed by atoms with Gasteiger partial charge >= 0.3 is 5.97 Å². The van der Waals surface area contributed by atoms with Crippen molar-refractivity contribution in [3.05, 3.63) is 29.8 Å². The summed E-state index contributed by atoms with van der Waals surface area (Å²) in [4.78, 5) is 10.7. The van der Waals surface area contributed by atoms with Crippen molar-refractivity contribution < 1.29 is 9.53 Å². The molecule has 0 aromatic heterocycles. The van der Waals surface area contributed by atoms with Crippen LogP contribution in [0.2, 0.25) is 0 Å². The van der Waals surface area contributed by atoms with E-state index in [1.807, 2.05) is 12.1 Å². The van der Waals surface area contributed by atoms with Gasteiger partial charge in [-0.2, -0.15) is 0 Å². The van der Waals surface area contributed by atoms with Crippen LogP contribution < -0.4 is 10.5 Å². The van der Waals surface area contributed by atoms with E-state index >= 15 is 0 Å². The summed E-state index contributed by atoms with van der Waals surface area (Å²) >= 11 is 0. The minimum absolute atomic E-state index is 0. The first-order chi connectivity index (χ1) is 7.65. The summed E-state index contributed by atoms with van der Waals surface area (Å²) < 4.78 is 4.96. The van der Waals surface area contributed by atoms with Crippen LogP contribution in [-0.2, 0) is 4.79 Å². The molecular formula is C13H18ClNO2. The quantitative estimate of drug-likeness (QED) is 0.665. The molecule has 1 fully saturated rings. The zero-order valence-corrected chi connectivity index (χ0v) is 10.7. The lowest BCUT2D eigenvalue weighted by atomic mass is 10.0. The van der Waals surface area contributed by atoms with E-state index in [0.717, 1.165) is 17.9 Å². The molecule has 0 aliphatic heterocycles. The van der Waals surface area contributed by atoms with Gasteiger partial charge in [0.1, 0.15) is 5.75 Å². The summed E-state index contributed by atoms with van der Waals surface area (Å²) in [6, 6.07) is 7.57. The van der Waals surface area contributed by atoms with Crippen molar-refractivity contribution in [2.24, 2.45) is 11.7 Å². The molecule has 17 heavy (non-hydrogen) atoms. The molecule has 0 spiro atoms. The van der Waals surface area contributed by atoms with Crippen molar-refractivity contribution in [3.8, 4) is 5.75 Å². The number of benzene rings is 1. The van der Waals surface area contributed by atoms with Gasteiger partial charge in [-0.15, -0.1) is 12.4 Å². The van der Waals surface area contributed by atoms with Crippen molar-refractivity contribution in [3.63, 3.8) is 0 Å². The molecule has 0 heterocycles. The Kier molecular flexibility index (Phi) is 4.97. The number of hydrogen-bond acceptors (Lipinski definition) is 3. The average Bonchev–Trinajstić information content (AvgIpc) is 3.01. The fraction of sp³-hybridized carbons (Fsp3) is 0.462. The van der Waals surface area contributed by atoms with E-state index in [2.05, 4.69) is 0 Å². The lowest BCUT2D eigenvalue weighted by Gasteiger charge is -2.11. The van der Waals surface area contributed by atoms with Crippen molar-refractivity contribution in [2.45, 2.75) is 32.2 Å². The van der Waals surface area contributed by atoms with Crippen molar-refractivity contribution in [1.29, 1.82) is 0 Å². The summed E-state index contributed by atoms with van der Waals surface area (Å²) in [6.45, 7) is 1.40. The smallest absolute Gasteiger partial charge is 0.308 e. The first kappa shape index (κ1) is 14.0. The van der Waals surface area contributed by atoms with Crippen LogP contribution in [0.5, 0.6) is 5.75 Å². The molecule has 2 rings (SSSR count). The van der Waals surface area contributed by atoms with Gasteiger partial charge in [0, 0.05) is 13.0 Å². The van der Waals surface area contributed by atoms with Crippen molar-refractivity contribution >= 4 is 18.4 Å². The van der Waals surface area contributed by atoms with Gasteiger partial charge in [0.2, 0.25) is 0 Å². The maximum absolute atomic E-state index is 10.7. The minimum atomic E-state index is -0.296. The second kappa shape index (κ2) is 6.03. The summed E-state index contributed by atoms with van der Waals surface area (Å²) in [5.74, 6) is 1.10. The first-order valence-electron chi connectivity index (χ1n) is 5.69. The van der Waals surface area contributed by atoms with E-state index in [1.54, 1.807) is 12.1 Å². The van der Waals surface area contributed by atoms with Crippen molar-refractivity contribution in [1.82, 2.24) is 0 Å². The first-order valence-corrected chi connectivity index (χ1v) is 5.69. The number of halogens is 1. The standard InChI is InChI=1S/C13H17NO2.ClH/c1-9(15)16-12-6-4-11(5-7-12)13(14)8-10-2-3-10;/h4-7,10,13H,2-3,8,14H2,1H3;1H/t13-;/m1./s1. The molecule has 0 amide bonds. The molecule has 1 atom stereocenters. The fourth-order valence-electron chi connectivity index (χ4n) is 1.80. The zero-order valence-electron chi connectivity index (χ0n) is 9.89. The lowest BCUT2D eigenvalue weighted by molar-refractivity contribution is -0.131. The summed E-state index contributed by atoms with van der Waals surface area (Å²) in [5.41, 5.74) is 7.19. The summed E-state index contributed by atoms with van der Waals surface area (Å²) in [6.07, 6.45) is 3.70. The van der Waals surface area contributed by atoms with E-state index in [1.165, 1.54) is 19.8 Å². The number of hydrogen-bond donors (Lipinski definition) is 1. The Bertz CT molecular complexity index is 374. The largest absolute Gasteiger partial charge is 0.427 e. The number of ether oxygens (including phenoxy) is 1. The van der Waals surface area contributed by atoms with Crippen LogP contribution in [0.1, 0.15) is 37.8 Å². The SMILES string of the molecule is CC(=O)Oc1ccc([C@H](N)CC2CC2)cc1.Cl. The third-order valence-electron chi connectivity index (χ3n) is 2.85. The molecule has 0 saturated heterocycles. The molecule has 0 unspecified atom stereocenters. The van der Waals surface area contributed by atoms with E-state index in [-0.39, 0.29) is 24.4 Å². The second-order valence-corrected chi connectivity index (χ2v) is 4.45. The molecule has 1 saturated carbocycles. The molecule has 94 valence electrons. The Labute approximate surface area is 108 Å². The fourth-order valence-corrected chi connectivity index (χ4v) is 1.80. The van der Waals surface area contributed by atoms with Crippen molar-refractivity contribution in [2.75, 3.05) is 0 Å². The monoisotopic (exact) mass is 255 g/mol. The number of carbonyl (C=O) groups is 1. The van der Waals surface area contributed by atoms with E-state index in [4.69, 9.17) is 10.5 Å². The van der Waals surface area contributed by atoms with E-state index in [9.17, 15) is 4.79 Å². The predicted octanol–water partition coefficient (Wildman–Crippen LogP) is 2.83. The third kappa shape index (κ3) is 4.36. The average molecular weight is 256 g/mol. The van der Waals surface area contributed by atoms with Gasteiger partial charge in [0.05, 0.1) is 0 Å². The van der Waals surface area contributed by atoms with E-state index < -0.39 is 0 Å². The van der Waals surface area contributed by atoms with Crippen LogP contribution in [0.15, 0.2) is 24.3 Å². The van der Waals surface area contributed by atoms with Crippen LogP contribution >= 0.6 is 12.4 Å². The normalized spacial score (nSPS) is 15.9. The highest BCUT2D eigenvalue weighted by Crippen LogP contribution is 2.36. The number of rotatable bonds is 4. The van der Waals surface area contributed by atoms with E-state index in [0.29, 0.717) is 5.75 Å². The molecule has 3 nitrogen and oxygen atoms in total. The molecule has 4 heteroatoms. The van der Waals surface area contributed by atoms with Crippen LogP contribution in [0.3, 0.4) is 0 Å². The predicted molar refractivity (Wildman–Crippen MR) is 69.3 cm³/mol. The maximum Gasteiger partial charge on any atom is 0.308 e. The van der Waals surface area contributed by atoms with Crippen LogP contribution in [0.4, 0.5) is 0 Å². The Morgan fingerprint density at radius 1 is 1.41 bits per heavy atom. The van der Waals surface area contributed by atoms with Gasteiger partial charge in [-0.05, 0) is 30.0 Å². The topological polar surface area (TPSA) is 52.3 Å². The van der Waals surface area contributed by atoms with Gasteiger partial charge in [-0.1, -0.05) is 25.0 Å². The van der Waals surface area contributed by atoms with Gasteiger partial charge in [-0.25, -0.2) is 0 Å². The molecule has 2 N–H and O–H groups in total. The highest BCUT2D eigenvalue weighted by atomic mass is 35.5. The van der Waals surface area contributed by atoms with Gasteiger partial charge in [0.15, 0.2) is 0 Å². The van der Waals surface area contributed by atoms with Crippen LogP contribution in [0, 0.1) is 5.92 Å². The number of esters is 1. The van der Waals surface area contributed by atoms with Crippen LogP contribution in [-0.4, -0.2) is 5.97 Å². The molecular weight excluding hydrogens is 238 g/mol. The Balaban J connectivity index is 0.00000144. The van der Waals surface area contributed by atoms with Gasteiger partial charge < -0.3 is 10.5 Å². The Hall–Kier alpha value is -1.06. The highest BCUT2D eigenvalue weighted by molar-refractivity contribution is 5.85. The molecule has 1 aromatic carbocycles. The molecule has 1 aliphatic rings. The van der Waals surface area contributed by atoms with Crippen LogP contribution in [0.25, 0.3) is 0 Å². The minimum Gasteiger partial charge on any atom is -0.427 e. The molecule has 0 bridgehead atoms. The highest BCUT2D eigenvalue weighted by Gasteiger charge is 2.24. The lowest BCUT2D eigenvalue weighted by Crippen LogP contribution is -2.11. The molecule has 1 aromatic rings. The van der Waals surface area contributed by atoms with Gasteiger partial charge in [0.25, 0.3) is 0 Å². The van der Waals surface area contributed by atoms with Gasteiger partial charge in [-0.3, -0.25) is 4.79 Å². The summed E-state index contributed by atoms with van der Waals surface area (Å²) in [5, 5.41) is 0. The zero-order chi connectivity index (χ0) is 11.5. The third-order valence-corrected chi connectivity index (χ3v) is 2.85. The number of nitrogens with two attached hydrogens (primary N) is 1. The number of carbonyl (C=O) groups excluding carboxylic acids is 1. The molecule has 1 aliphatic carbocycles.